The van der Waals surface area contributed by atoms with Crippen molar-refractivity contribution in [3.63, 3.8) is 0 Å². The lowest BCUT2D eigenvalue weighted by Crippen LogP contribution is -2.22. The zero-order valence-electron chi connectivity index (χ0n) is 13.2. The molecule has 0 aliphatic heterocycles. The van der Waals surface area contributed by atoms with Crippen LogP contribution in [0.5, 0.6) is 0 Å². The highest BCUT2D eigenvalue weighted by molar-refractivity contribution is 6.07. The molecule has 4 N–H and O–H groups in total. The first-order valence-corrected chi connectivity index (χ1v) is 7.83. The summed E-state index contributed by atoms with van der Waals surface area (Å²) in [7, 11) is 0. The number of carbonyl (C=O) groups excluding carboxylic acids is 1. The molecule has 5 heteroatoms. The number of H-pyrrole nitrogens is 1. The molecule has 0 spiro atoms. The standard InChI is InChI=1S/C18H21N3O2/c1-11(23)13(9-19)3-5-16-18-15(6-7-20-16)14-4-2-12(10-22)8-17(14)21-18/h2,4,6-8,13,21-22H,3,5,9-10,19H2,1H3. The number of ketones is 1. The smallest absolute Gasteiger partial charge is 0.134 e. The van der Waals surface area contributed by atoms with Crippen molar-refractivity contribution >= 4 is 27.6 Å². The summed E-state index contributed by atoms with van der Waals surface area (Å²) in [5.41, 5.74) is 9.48. The van der Waals surface area contributed by atoms with Crippen molar-refractivity contribution in [2.24, 2.45) is 11.7 Å². The van der Waals surface area contributed by atoms with E-state index < -0.39 is 0 Å². The van der Waals surface area contributed by atoms with Gasteiger partial charge in [0.15, 0.2) is 0 Å². The van der Waals surface area contributed by atoms with Crippen LogP contribution in [0.3, 0.4) is 0 Å². The molecule has 3 rings (SSSR count). The molecule has 23 heavy (non-hydrogen) atoms. The number of benzene rings is 1. The normalized spacial score (nSPS) is 12.8. The van der Waals surface area contributed by atoms with E-state index >= 15 is 0 Å². The maximum absolute atomic E-state index is 11.5. The number of nitrogens with two attached hydrogens (primary N) is 1. The van der Waals surface area contributed by atoms with Crippen LogP contribution < -0.4 is 5.73 Å². The van der Waals surface area contributed by atoms with Crippen LogP contribution in [0.4, 0.5) is 0 Å². The third kappa shape index (κ3) is 2.98. The van der Waals surface area contributed by atoms with Crippen LogP contribution in [0, 0.1) is 5.92 Å². The van der Waals surface area contributed by atoms with Crippen LogP contribution in [0.1, 0.15) is 24.6 Å². The average Bonchev–Trinajstić information content (AvgIpc) is 2.93. The molecule has 1 aromatic carbocycles. The zero-order valence-corrected chi connectivity index (χ0v) is 13.2. The van der Waals surface area contributed by atoms with Gasteiger partial charge in [-0.3, -0.25) is 9.78 Å². The van der Waals surface area contributed by atoms with Crippen LogP contribution >= 0.6 is 0 Å². The van der Waals surface area contributed by atoms with E-state index in [2.05, 4.69) is 9.97 Å². The molecule has 0 amide bonds. The van der Waals surface area contributed by atoms with Gasteiger partial charge in [-0.15, -0.1) is 0 Å². The summed E-state index contributed by atoms with van der Waals surface area (Å²) in [5, 5.41) is 11.5. The Balaban J connectivity index is 1.99. The van der Waals surface area contributed by atoms with Gasteiger partial charge < -0.3 is 15.8 Å². The van der Waals surface area contributed by atoms with E-state index in [1.165, 1.54) is 0 Å². The number of carbonyl (C=O) groups is 1. The van der Waals surface area contributed by atoms with Gasteiger partial charge in [-0.25, -0.2) is 0 Å². The molecule has 120 valence electrons. The van der Waals surface area contributed by atoms with Gasteiger partial charge in [0.2, 0.25) is 0 Å². The fraction of sp³-hybridized carbons (Fsp3) is 0.333. The number of rotatable bonds is 6. The number of pyridine rings is 1. The molecule has 0 radical (unpaired) electrons. The summed E-state index contributed by atoms with van der Waals surface area (Å²) >= 11 is 0. The number of hydrogen-bond donors (Lipinski definition) is 3. The number of nitrogens with one attached hydrogen (secondary N) is 1. The second-order valence-corrected chi connectivity index (χ2v) is 5.93. The SMILES string of the molecule is CC(=O)C(CN)CCc1nccc2c1[nH]c1cc(CO)ccc12. The minimum atomic E-state index is -0.113. The van der Waals surface area contributed by atoms with Gasteiger partial charge in [-0.05, 0) is 37.5 Å². The maximum atomic E-state index is 11.5. The third-order valence-electron chi connectivity index (χ3n) is 4.43. The fourth-order valence-electron chi connectivity index (χ4n) is 3.02. The lowest BCUT2D eigenvalue weighted by Gasteiger charge is -2.10. The highest BCUT2D eigenvalue weighted by atomic mass is 16.3. The first-order chi connectivity index (χ1) is 11.1. The molecule has 5 nitrogen and oxygen atoms in total. The van der Waals surface area contributed by atoms with Crippen LogP contribution in [-0.2, 0) is 17.8 Å². The molecule has 1 atom stereocenters. The van der Waals surface area contributed by atoms with Crippen molar-refractivity contribution in [1.82, 2.24) is 9.97 Å². The Morgan fingerprint density at radius 2 is 2.17 bits per heavy atom. The molecular formula is C18H21N3O2. The van der Waals surface area contributed by atoms with E-state index in [-0.39, 0.29) is 18.3 Å². The van der Waals surface area contributed by atoms with Gasteiger partial charge in [0.05, 0.1) is 17.8 Å². The molecule has 0 saturated carbocycles. The Labute approximate surface area is 134 Å². The van der Waals surface area contributed by atoms with E-state index in [1.807, 2.05) is 24.3 Å². The van der Waals surface area contributed by atoms with Crippen LogP contribution in [-0.4, -0.2) is 27.4 Å². The first-order valence-electron chi connectivity index (χ1n) is 7.83. The minimum absolute atomic E-state index is 0.0210. The molecule has 1 unspecified atom stereocenters. The van der Waals surface area contributed by atoms with Crippen molar-refractivity contribution in [1.29, 1.82) is 0 Å². The monoisotopic (exact) mass is 311 g/mol. The lowest BCUT2D eigenvalue weighted by atomic mass is 9.97. The second kappa shape index (κ2) is 6.48. The van der Waals surface area contributed by atoms with E-state index in [0.29, 0.717) is 19.4 Å². The summed E-state index contributed by atoms with van der Waals surface area (Å²) in [6.07, 6.45) is 3.21. The van der Waals surface area contributed by atoms with Crippen molar-refractivity contribution in [3.8, 4) is 0 Å². The van der Waals surface area contributed by atoms with Gasteiger partial charge in [0.1, 0.15) is 5.78 Å². The predicted molar refractivity (Wildman–Crippen MR) is 91.1 cm³/mol. The van der Waals surface area contributed by atoms with Gasteiger partial charge in [0.25, 0.3) is 0 Å². The summed E-state index contributed by atoms with van der Waals surface area (Å²) < 4.78 is 0. The molecule has 0 bridgehead atoms. The van der Waals surface area contributed by atoms with Crippen molar-refractivity contribution < 1.29 is 9.90 Å². The molecule has 2 heterocycles. The summed E-state index contributed by atoms with van der Waals surface area (Å²) in [5.74, 6) is 0.0151. The number of fused-ring (bicyclic) bond motifs is 3. The van der Waals surface area contributed by atoms with Gasteiger partial charge in [-0.1, -0.05) is 12.1 Å². The largest absolute Gasteiger partial charge is 0.392 e. The number of aromatic amines is 1. The number of nitrogens with zero attached hydrogens (tertiary/aromatic N) is 1. The number of aromatic nitrogens is 2. The third-order valence-corrected chi connectivity index (χ3v) is 4.43. The Hall–Kier alpha value is -2.24. The van der Waals surface area contributed by atoms with E-state index in [4.69, 9.17) is 5.73 Å². The minimum Gasteiger partial charge on any atom is -0.392 e. The van der Waals surface area contributed by atoms with E-state index in [1.54, 1.807) is 13.1 Å². The highest BCUT2D eigenvalue weighted by Gasteiger charge is 2.15. The number of Topliss-reactive ketones (excluding diaryl/α,β-unsaturated/α-hetero) is 1. The molecule has 0 aliphatic carbocycles. The van der Waals surface area contributed by atoms with Crippen molar-refractivity contribution in [3.05, 3.63) is 41.7 Å². The number of aliphatic hydroxyl groups excluding tert-OH is 1. The topological polar surface area (TPSA) is 92.0 Å². The predicted octanol–water partition coefficient (Wildman–Crippen LogP) is 2.30. The molecule has 0 saturated heterocycles. The van der Waals surface area contributed by atoms with E-state index in [0.717, 1.165) is 33.1 Å². The van der Waals surface area contributed by atoms with Gasteiger partial charge in [0, 0.05) is 34.9 Å². The quantitative estimate of drug-likeness (QED) is 0.651. The van der Waals surface area contributed by atoms with Crippen molar-refractivity contribution in [2.75, 3.05) is 6.54 Å². The van der Waals surface area contributed by atoms with Gasteiger partial charge >= 0.3 is 0 Å². The summed E-state index contributed by atoms with van der Waals surface area (Å²) in [6.45, 7) is 1.98. The van der Waals surface area contributed by atoms with Crippen LogP contribution in [0.15, 0.2) is 30.5 Å². The Morgan fingerprint density at radius 1 is 1.35 bits per heavy atom. The Morgan fingerprint density at radius 3 is 2.87 bits per heavy atom. The van der Waals surface area contributed by atoms with Crippen molar-refractivity contribution in [2.45, 2.75) is 26.4 Å². The molecule has 0 fully saturated rings. The zero-order chi connectivity index (χ0) is 16.4. The molecule has 2 aromatic heterocycles. The fourth-order valence-corrected chi connectivity index (χ4v) is 3.02. The van der Waals surface area contributed by atoms with Crippen LogP contribution in [0.2, 0.25) is 0 Å². The number of hydrogen-bond acceptors (Lipinski definition) is 4. The molecule has 0 aliphatic rings. The highest BCUT2D eigenvalue weighted by Crippen LogP contribution is 2.28. The summed E-state index contributed by atoms with van der Waals surface area (Å²) in [4.78, 5) is 19.4. The average molecular weight is 311 g/mol. The van der Waals surface area contributed by atoms with E-state index in [9.17, 15) is 9.90 Å². The van der Waals surface area contributed by atoms with Gasteiger partial charge in [-0.2, -0.15) is 0 Å². The Bertz CT molecular complexity index is 854. The second-order valence-electron chi connectivity index (χ2n) is 5.93. The number of aryl methyl sites for hydroxylation is 1. The molecular weight excluding hydrogens is 290 g/mol. The number of aliphatic hydroxyl groups is 1. The maximum Gasteiger partial charge on any atom is 0.134 e. The first kappa shape index (κ1) is 15.6. The lowest BCUT2D eigenvalue weighted by molar-refractivity contribution is -0.120. The van der Waals surface area contributed by atoms with Crippen LogP contribution in [0.25, 0.3) is 21.8 Å². The summed E-state index contributed by atoms with van der Waals surface area (Å²) in [6, 6.07) is 7.89. The Kier molecular flexibility index (Phi) is 4.41. The molecule has 3 aromatic rings.